The van der Waals surface area contributed by atoms with E-state index in [0.29, 0.717) is 12.8 Å². The number of hydrogen-bond acceptors (Lipinski definition) is 3. The van der Waals surface area contributed by atoms with Gasteiger partial charge in [0.05, 0.1) is 19.4 Å². The molecule has 116 valence electrons. The molecule has 0 saturated heterocycles. The molecule has 0 aliphatic heterocycles. The number of hydrogen-bond donors (Lipinski definition) is 0. The summed E-state index contributed by atoms with van der Waals surface area (Å²) < 4.78 is 43.3. The van der Waals surface area contributed by atoms with Gasteiger partial charge in [-0.25, -0.2) is 0 Å². The third kappa shape index (κ3) is 4.38. The maximum Gasteiger partial charge on any atom is 0.392 e. The van der Waals surface area contributed by atoms with E-state index in [1.807, 2.05) is 0 Å². The molecule has 0 aromatic rings. The first-order chi connectivity index (χ1) is 9.27. The van der Waals surface area contributed by atoms with Crippen LogP contribution in [0.25, 0.3) is 0 Å². The maximum absolute atomic E-state index is 12.9. The Balaban J connectivity index is 2.65. The number of halogens is 3. The lowest BCUT2D eigenvalue weighted by Gasteiger charge is -2.34. The van der Waals surface area contributed by atoms with Crippen molar-refractivity contribution in [3.05, 3.63) is 0 Å². The largest absolute Gasteiger partial charge is 0.469 e. The first-order valence-electron chi connectivity index (χ1n) is 6.66. The second-order valence-electron chi connectivity index (χ2n) is 5.12. The molecule has 1 rings (SSSR count). The molecular formula is C13H20F3NO3. The van der Waals surface area contributed by atoms with Crippen LogP contribution in [0.3, 0.4) is 0 Å². The molecular weight excluding hydrogens is 275 g/mol. The van der Waals surface area contributed by atoms with Crippen molar-refractivity contribution in [1.82, 2.24) is 4.90 Å². The van der Waals surface area contributed by atoms with Gasteiger partial charge in [0.1, 0.15) is 0 Å². The highest BCUT2D eigenvalue weighted by Crippen LogP contribution is 2.42. The molecule has 0 N–H and O–H groups in total. The molecule has 0 aromatic carbocycles. The second-order valence-corrected chi connectivity index (χ2v) is 5.12. The van der Waals surface area contributed by atoms with Crippen LogP contribution < -0.4 is 0 Å². The van der Waals surface area contributed by atoms with Gasteiger partial charge in [-0.2, -0.15) is 13.2 Å². The molecule has 7 heteroatoms. The van der Waals surface area contributed by atoms with Crippen LogP contribution in [0.4, 0.5) is 13.2 Å². The highest BCUT2D eigenvalue weighted by molar-refractivity contribution is 5.79. The summed E-state index contributed by atoms with van der Waals surface area (Å²) in [6.07, 6.45) is -2.96. The molecule has 0 aromatic heterocycles. The van der Waals surface area contributed by atoms with Gasteiger partial charge in [0.25, 0.3) is 0 Å². The Hall–Kier alpha value is -1.27. The van der Waals surface area contributed by atoms with Gasteiger partial charge in [0.2, 0.25) is 5.91 Å². The van der Waals surface area contributed by atoms with Crippen molar-refractivity contribution in [3.8, 4) is 0 Å². The number of methoxy groups -OCH3 is 1. The van der Waals surface area contributed by atoms with Crippen LogP contribution in [-0.2, 0) is 14.3 Å². The Morgan fingerprint density at radius 3 is 2.40 bits per heavy atom. The Labute approximate surface area is 116 Å². The Morgan fingerprint density at radius 2 is 1.85 bits per heavy atom. The summed E-state index contributed by atoms with van der Waals surface area (Å²) in [4.78, 5) is 24.3. The molecule has 1 saturated carbocycles. The van der Waals surface area contributed by atoms with E-state index in [9.17, 15) is 22.8 Å². The van der Waals surface area contributed by atoms with Gasteiger partial charge in [-0.3, -0.25) is 9.59 Å². The van der Waals surface area contributed by atoms with Crippen LogP contribution in [0.2, 0.25) is 0 Å². The first kappa shape index (κ1) is 16.8. The number of rotatable bonds is 4. The minimum atomic E-state index is -4.34. The van der Waals surface area contributed by atoms with Gasteiger partial charge in [0.15, 0.2) is 0 Å². The van der Waals surface area contributed by atoms with Gasteiger partial charge >= 0.3 is 12.1 Å². The molecule has 1 fully saturated rings. The monoisotopic (exact) mass is 295 g/mol. The van der Waals surface area contributed by atoms with Gasteiger partial charge in [0, 0.05) is 19.5 Å². The highest BCUT2D eigenvalue weighted by Gasteiger charge is 2.48. The van der Waals surface area contributed by atoms with Crippen LogP contribution in [0.1, 0.15) is 32.1 Å². The number of alkyl halides is 3. The van der Waals surface area contributed by atoms with Gasteiger partial charge in [-0.15, -0.1) is 0 Å². The van der Waals surface area contributed by atoms with E-state index in [0.717, 1.165) is 0 Å². The summed E-state index contributed by atoms with van der Waals surface area (Å²) in [6, 6.07) is 0. The van der Waals surface area contributed by atoms with Crippen LogP contribution in [0, 0.1) is 11.8 Å². The van der Waals surface area contributed by atoms with Gasteiger partial charge in [-0.05, 0) is 12.8 Å². The quantitative estimate of drug-likeness (QED) is 0.748. The average molecular weight is 295 g/mol. The number of nitrogens with zero attached hydrogens (tertiary/aromatic N) is 1. The fourth-order valence-electron chi connectivity index (χ4n) is 2.57. The number of ether oxygens (including phenoxy) is 1. The van der Waals surface area contributed by atoms with Crippen LogP contribution in [-0.4, -0.2) is 43.7 Å². The van der Waals surface area contributed by atoms with E-state index in [1.54, 1.807) is 0 Å². The number of esters is 1. The SMILES string of the molecule is COC(=O)CCN(C)C(=O)C1CCCCC1C(F)(F)F. The molecule has 20 heavy (non-hydrogen) atoms. The van der Waals surface area contributed by atoms with E-state index < -0.39 is 29.9 Å². The van der Waals surface area contributed by atoms with Crippen molar-refractivity contribution in [2.75, 3.05) is 20.7 Å². The summed E-state index contributed by atoms with van der Waals surface area (Å²) in [5, 5.41) is 0. The molecule has 2 unspecified atom stereocenters. The lowest BCUT2D eigenvalue weighted by atomic mass is 9.78. The van der Waals surface area contributed by atoms with Gasteiger partial charge in [-0.1, -0.05) is 12.8 Å². The highest BCUT2D eigenvalue weighted by atomic mass is 19.4. The predicted octanol–water partition coefficient (Wildman–Crippen LogP) is 2.38. The smallest absolute Gasteiger partial charge is 0.392 e. The summed E-state index contributed by atoms with van der Waals surface area (Å²) in [6.45, 7) is 0.0760. The first-order valence-corrected chi connectivity index (χ1v) is 6.66. The Morgan fingerprint density at radius 1 is 1.25 bits per heavy atom. The minimum absolute atomic E-state index is 0.00471. The minimum Gasteiger partial charge on any atom is -0.469 e. The zero-order valence-electron chi connectivity index (χ0n) is 11.7. The van der Waals surface area contributed by atoms with E-state index >= 15 is 0 Å². The van der Waals surface area contributed by atoms with E-state index in [4.69, 9.17) is 0 Å². The van der Waals surface area contributed by atoms with Crippen LogP contribution in [0.5, 0.6) is 0 Å². The number of carbonyl (C=O) groups is 2. The molecule has 0 spiro atoms. The molecule has 0 bridgehead atoms. The van der Waals surface area contributed by atoms with Crippen molar-refractivity contribution < 1.29 is 27.5 Å². The zero-order valence-corrected chi connectivity index (χ0v) is 11.7. The Kier molecular flexibility index (Phi) is 5.83. The summed E-state index contributed by atoms with van der Waals surface area (Å²) in [5.41, 5.74) is 0. The normalized spacial score (nSPS) is 23.2. The molecule has 2 atom stereocenters. The van der Waals surface area contributed by atoms with Crippen LogP contribution in [0.15, 0.2) is 0 Å². The van der Waals surface area contributed by atoms with Crippen molar-refractivity contribution in [1.29, 1.82) is 0 Å². The van der Waals surface area contributed by atoms with E-state index in [-0.39, 0.29) is 25.8 Å². The number of amides is 1. The fraction of sp³-hybridized carbons (Fsp3) is 0.846. The maximum atomic E-state index is 12.9. The lowest BCUT2D eigenvalue weighted by molar-refractivity contribution is -0.200. The summed E-state index contributed by atoms with van der Waals surface area (Å²) in [7, 11) is 2.65. The summed E-state index contributed by atoms with van der Waals surface area (Å²) >= 11 is 0. The molecule has 1 aliphatic rings. The molecule has 0 heterocycles. The molecule has 0 radical (unpaired) electrons. The van der Waals surface area contributed by atoms with Crippen molar-refractivity contribution in [2.45, 2.75) is 38.3 Å². The summed E-state index contributed by atoms with van der Waals surface area (Å²) in [5.74, 6) is -3.60. The van der Waals surface area contributed by atoms with Gasteiger partial charge < -0.3 is 9.64 Å². The molecule has 4 nitrogen and oxygen atoms in total. The third-order valence-electron chi connectivity index (χ3n) is 3.76. The van der Waals surface area contributed by atoms with E-state index in [1.165, 1.54) is 19.1 Å². The van der Waals surface area contributed by atoms with Crippen molar-refractivity contribution >= 4 is 11.9 Å². The topological polar surface area (TPSA) is 46.6 Å². The lowest BCUT2D eigenvalue weighted by Crippen LogP contribution is -2.43. The van der Waals surface area contributed by atoms with E-state index in [2.05, 4.69) is 4.74 Å². The van der Waals surface area contributed by atoms with Crippen molar-refractivity contribution in [2.24, 2.45) is 11.8 Å². The van der Waals surface area contributed by atoms with Crippen LogP contribution >= 0.6 is 0 Å². The predicted molar refractivity (Wildman–Crippen MR) is 65.8 cm³/mol. The van der Waals surface area contributed by atoms with Crippen molar-refractivity contribution in [3.63, 3.8) is 0 Å². The fourth-order valence-corrected chi connectivity index (χ4v) is 2.57. The number of carbonyl (C=O) groups excluding carboxylic acids is 2. The Bertz CT molecular complexity index is 357. The second kappa shape index (κ2) is 6.95. The third-order valence-corrected chi connectivity index (χ3v) is 3.76. The molecule has 1 aliphatic carbocycles. The zero-order chi connectivity index (χ0) is 15.3. The standard InChI is InChI=1S/C13H20F3NO3/c1-17(8-7-11(18)20-2)12(19)9-5-3-4-6-10(9)13(14,15)16/h9-10H,3-8H2,1-2H3. The molecule has 1 amide bonds. The average Bonchev–Trinajstić information content (AvgIpc) is 2.42.